The van der Waals surface area contributed by atoms with Crippen LogP contribution in [-0.2, 0) is 4.79 Å². The maximum Gasteiger partial charge on any atom is 0.246 e. The second kappa shape index (κ2) is 3.94. The molecule has 0 saturated carbocycles. The van der Waals surface area contributed by atoms with E-state index in [1.165, 1.54) is 0 Å². The molecule has 4 nitrogen and oxygen atoms in total. The highest BCUT2D eigenvalue weighted by Gasteiger charge is 2.26. The fourth-order valence-corrected chi connectivity index (χ4v) is 2.10. The van der Waals surface area contributed by atoms with Crippen molar-refractivity contribution in [3.63, 3.8) is 0 Å². The van der Waals surface area contributed by atoms with Crippen molar-refractivity contribution in [3.8, 4) is 0 Å². The summed E-state index contributed by atoms with van der Waals surface area (Å²) in [4.78, 5) is 10.6. The van der Waals surface area contributed by atoms with E-state index in [-0.39, 0.29) is 6.04 Å². The molecule has 64 valence electrons. The molecule has 5 heteroatoms. The molecule has 1 rings (SSSR count). The molecule has 1 heterocycles. The SMILES string of the molecule is O=C(CO)NC1CSCC1O. The number of carbonyl (C=O) groups excluding carboxylic acids is 1. The van der Waals surface area contributed by atoms with Gasteiger partial charge < -0.3 is 15.5 Å². The van der Waals surface area contributed by atoms with Crippen LogP contribution < -0.4 is 5.32 Å². The van der Waals surface area contributed by atoms with Gasteiger partial charge in [0.2, 0.25) is 5.91 Å². The molecule has 0 aromatic carbocycles. The Morgan fingerprint density at radius 3 is 2.82 bits per heavy atom. The van der Waals surface area contributed by atoms with Crippen LogP contribution in [0, 0.1) is 0 Å². The summed E-state index contributed by atoms with van der Waals surface area (Å²) < 4.78 is 0. The van der Waals surface area contributed by atoms with Crippen molar-refractivity contribution in [1.29, 1.82) is 0 Å². The lowest BCUT2D eigenvalue weighted by Gasteiger charge is -2.13. The normalized spacial score (nSPS) is 30.4. The van der Waals surface area contributed by atoms with Crippen LogP contribution in [0.15, 0.2) is 0 Å². The Balaban J connectivity index is 2.30. The van der Waals surface area contributed by atoms with Crippen LogP contribution in [-0.4, -0.2) is 46.4 Å². The van der Waals surface area contributed by atoms with Gasteiger partial charge in [-0.2, -0.15) is 11.8 Å². The van der Waals surface area contributed by atoms with Crippen LogP contribution in [0.5, 0.6) is 0 Å². The zero-order valence-corrected chi connectivity index (χ0v) is 6.80. The van der Waals surface area contributed by atoms with Crippen molar-refractivity contribution in [2.75, 3.05) is 18.1 Å². The Kier molecular flexibility index (Phi) is 3.16. The van der Waals surface area contributed by atoms with Crippen molar-refractivity contribution in [2.24, 2.45) is 0 Å². The Hall–Kier alpha value is -0.260. The molecule has 3 N–H and O–H groups in total. The van der Waals surface area contributed by atoms with Crippen molar-refractivity contribution in [3.05, 3.63) is 0 Å². The van der Waals surface area contributed by atoms with Gasteiger partial charge in [0.25, 0.3) is 0 Å². The Labute approximate surface area is 69.0 Å². The fraction of sp³-hybridized carbons (Fsp3) is 0.833. The van der Waals surface area contributed by atoms with Gasteiger partial charge >= 0.3 is 0 Å². The topological polar surface area (TPSA) is 69.6 Å². The molecule has 0 aromatic rings. The second-order valence-corrected chi connectivity index (χ2v) is 3.51. The fourth-order valence-electron chi connectivity index (χ4n) is 0.933. The maximum atomic E-state index is 10.6. The predicted octanol–water partition coefficient (Wildman–Crippen LogP) is -1.43. The summed E-state index contributed by atoms with van der Waals surface area (Å²) in [5.74, 6) is 0.972. The number of thioether (sulfide) groups is 1. The molecule has 1 fully saturated rings. The summed E-state index contributed by atoms with van der Waals surface area (Å²) in [6.07, 6.45) is -0.463. The van der Waals surface area contributed by atoms with E-state index in [9.17, 15) is 9.90 Å². The molecule has 1 saturated heterocycles. The smallest absolute Gasteiger partial charge is 0.246 e. The Bertz CT molecular complexity index is 153. The molecule has 0 aromatic heterocycles. The van der Waals surface area contributed by atoms with Gasteiger partial charge in [-0.05, 0) is 0 Å². The minimum Gasteiger partial charge on any atom is -0.390 e. The Morgan fingerprint density at radius 1 is 1.64 bits per heavy atom. The molecule has 0 aliphatic carbocycles. The number of nitrogens with one attached hydrogen (secondary N) is 1. The standard InChI is InChI=1S/C6H11NO3S/c8-1-6(10)7-4-2-11-3-5(4)9/h4-5,8-9H,1-3H2,(H,7,10). The number of hydrogen-bond donors (Lipinski definition) is 3. The zero-order valence-electron chi connectivity index (χ0n) is 5.99. The van der Waals surface area contributed by atoms with E-state index in [1.54, 1.807) is 11.8 Å². The van der Waals surface area contributed by atoms with Crippen molar-refractivity contribution in [2.45, 2.75) is 12.1 Å². The van der Waals surface area contributed by atoms with E-state index in [1.807, 2.05) is 0 Å². The van der Waals surface area contributed by atoms with E-state index in [4.69, 9.17) is 5.11 Å². The molecule has 1 amide bonds. The van der Waals surface area contributed by atoms with Gasteiger partial charge in [0, 0.05) is 11.5 Å². The third kappa shape index (κ3) is 2.36. The summed E-state index contributed by atoms with van der Waals surface area (Å²) in [5.41, 5.74) is 0. The van der Waals surface area contributed by atoms with Gasteiger partial charge in [-0.25, -0.2) is 0 Å². The molecule has 1 aliphatic heterocycles. The van der Waals surface area contributed by atoms with E-state index >= 15 is 0 Å². The van der Waals surface area contributed by atoms with E-state index in [0.717, 1.165) is 5.75 Å². The van der Waals surface area contributed by atoms with E-state index < -0.39 is 18.6 Å². The maximum absolute atomic E-state index is 10.6. The quantitative estimate of drug-likeness (QED) is 0.484. The number of hydrogen-bond acceptors (Lipinski definition) is 4. The molecular weight excluding hydrogens is 166 g/mol. The lowest BCUT2D eigenvalue weighted by atomic mass is 10.2. The van der Waals surface area contributed by atoms with Gasteiger partial charge in [0.1, 0.15) is 6.61 Å². The highest BCUT2D eigenvalue weighted by Crippen LogP contribution is 2.17. The van der Waals surface area contributed by atoms with Gasteiger partial charge in [0.05, 0.1) is 12.1 Å². The molecule has 1 aliphatic rings. The molecule has 0 bridgehead atoms. The van der Waals surface area contributed by atoms with E-state index in [2.05, 4.69) is 5.32 Å². The zero-order chi connectivity index (χ0) is 8.27. The first-order valence-electron chi connectivity index (χ1n) is 3.40. The molecule has 2 unspecified atom stereocenters. The summed E-state index contributed by atoms with van der Waals surface area (Å²) >= 11 is 1.60. The van der Waals surface area contributed by atoms with Crippen molar-refractivity contribution >= 4 is 17.7 Å². The minimum atomic E-state index is -0.506. The first kappa shape index (κ1) is 8.83. The number of amides is 1. The number of carbonyl (C=O) groups is 1. The summed E-state index contributed by atoms with van der Waals surface area (Å²) in [6.45, 7) is -0.506. The highest BCUT2D eigenvalue weighted by atomic mass is 32.2. The van der Waals surface area contributed by atoms with Gasteiger partial charge in [-0.3, -0.25) is 4.79 Å². The summed E-state index contributed by atoms with van der Waals surface area (Å²) in [7, 11) is 0. The van der Waals surface area contributed by atoms with Gasteiger partial charge in [0.15, 0.2) is 0 Å². The molecule has 0 radical (unpaired) electrons. The van der Waals surface area contributed by atoms with Crippen LogP contribution in [0.1, 0.15) is 0 Å². The Morgan fingerprint density at radius 2 is 2.36 bits per heavy atom. The van der Waals surface area contributed by atoms with Crippen molar-refractivity contribution in [1.82, 2.24) is 5.32 Å². The lowest BCUT2D eigenvalue weighted by Crippen LogP contribution is -2.43. The van der Waals surface area contributed by atoms with Crippen LogP contribution in [0.4, 0.5) is 0 Å². The lowest BCUT2D eigenvalue weighted by molar-refractivity contribution is -0.125. The van der Waals surface area contributed by atoms with Gasteiger partial charge in [-0.1, -0.05) is 0 Å². The molecule has 11 heavy (non-hydrogen) atoms. The van der Waals surface area contributed by atoms with Gasteiger partial charge in [-0.15, -0.1) is 0 Å². The third-order valence-electron chi connectivity index (χ3n) is 1.54. The molecular formula is C6H11NO3S. The van der Waals surface area contributed by atoms with Crippen LogP contribution >= 0.6 is 11.8 Å². The minimum absolute atomic E-state index is 0.181. The predicted molar refractivity (Wildman–Crippen MR) is 42.3 cm³/mol. The van der Waals surface area contributed by atoms with E-state index in [0.29, 0.717) is 5.75 Å². The highest BCUT2D eigenvalue weighted by molar-refractivity contribution is 7.99. The second-order valence-electron chi connectivity index (χ2n) is 2.44. The number of aliphatic hydroxyl groups is 2. The number of aliphatic hydroxyl groups excluding tert-OH is 2. The summed E-state index contributed by atoms with van der Waals surface area (Å²) in [6, 6.07) is -0.181. The first-order valence-corrected chi connectivity index (χ1v) is 4.55. The first-order chi connectivity index (χ1) is 5.24. The average molecular weight is 177 g/mol. The molecule has 2 atom stereocenters. The monoisotopic (exact) mass is 177 g/mol. The average Bonchev–Trinajstić information content (AvgIpc) is 2.37. The third-order valence-corrected chi connectivity index (χ3v) is 2.71. The van der Waals surface area contributed by atoms with Crippen LogP contribution in [0.2, 0.25) is 0 Å². The molecule has 0 spiro atoms. The van der Waals surface area contributed by atoms with Crippen molar-refractivity contribution < 1.29 is 15.0 Å². The van der Waals surface area contributed by atoms with Crippen LogP contribution in [0.3, 0.4) is 0 Å². The van der Waals surface area contributed by atoms with Crippen LogP contribution in [0.25, 0.3) is 0 Å². The summed E-state index contributed by atoms with van der Waals surface area (Å²) in [5, 5.41) is 20.1. The largest absolute Gasteiger partial charge is 0.390 e. The number of rotatable bonds is 2.